The molecule has 0 saturated carbocycles. The molecule has 0 aliphatic heterocycles. The average Bonchev–Trinajstić information content (AvgIpc) is 1.86. The highest BCUT2D eigenvalue weighted by Gasteiger charge is 2.13. The van der Waals surface area contributed by atoms with E-state index in [1.165, 1.54) is 13.8 Å². The van der Waals surface area contributed by atoms with Gasteiger partial charge in [-0.2, -0.15) is 0 Å². The monoisotopic (exact) mass is 159 g/mol. The van der Waals surface area contributed by atoms with Crippen LogP contribution in [-0.4, -0.2) is 29.4 Å². The van der Waals surface area contributed by atoms with Crippen LogP contribution in [0.5, 0.6) is 0 Å². The summed E-state index contributed by atoms with van der Waals surface area (Å²) in [7, 11) is 0. The maximum absolute atomic E-state index is 10.7. The number of Topliss-reactive ketones (excluding diaryl/α,β-unsaturated/α-hetero) is 1. The zero-order valence-electron chi connectivity index (χ0n) is 6.76. The summed E-state index contributed by atoms with van der Waals surface area (Å²) in [5, 5.41) is 10.9. The fourth-order valence-electron chi connectivity index (χ4n) is 0.752. The van der Waals surface area contributed by atoms with Gasteiger partial charge in [0.1, 0.15) is 0 Å². The van der Waals surface area contributed by atoms with E-state index in [4.69, 9.17) is 5.11 Å². The van der Waals surface area contributed by atoms with E-state index >= 15 is 0 Å². The molecule has 0 radical (unpaired) electrons. The second-order valence-corrected chi connectivity index (χ2v) is 2.38. The number of amides is 1. The van der Waals surface area contributed by atoms with Crippen molar-refractivity contribution in [1.29, 1.82) is 0 Å². The zero-order chi connectivity index (χ0) is 8.85. The smallest absolute Gasteiger partial charge is 0.217 e. The lowest BCUT2D eigenvalue weighted by atomic mass is 10.1. The number of rotatable bonds is 4. The van der Waals surface area contributed by atoms with Gasteiger partial charge in [-0.3, -0.25) is 9.59 Å². The first-order chi connectivity index (χ1) is 5.07. The second-order valence-electron chi connectivity index (χ2n) is 2.38. The fourth-order valence-corrected chi connectivity index (χ4v) is 0.752. The number of carbonyl (C=O) groups is 2. The van der Waals surface area contributed by atoms with E-state index in [1.807, 2.05) is 0 Å². The molecule has 2 N–H and O–H groups in total. The van der Waals surface area contributed by atoms with Crippen molar-refractivity contribution >= 4 is 11.7 Å². The van der Waals surface area contributed by atoms with Crippen LogP contribution in [0.4, 0.5) is 0 Å². The van der Waals surface area contributed by atoms with Gasteiger partial charge in [0.2, 0.25) is 5.91 Å². The van der Waals surface area contributed by atoms with Crippen LogP contribution in [0.25, 0.3) is 0 Å². The molecule has 0 aliphatic rings. The van der Waals surface area contributed by atoms with E-state index in [0.717, 1.165) is 0 Å². The van der Waals surface area contributed by atoms with Crippen LogP contribution in [-0.2, 0) is 9.59 Å². The van der Waals surface area contributed by atoms with Gasteiger partial charge in [0.15, 0.2) is 5.78 Å². The maximum atomic E-state index is 10.7. The number of aliphatic hydroxyl groups is 1. The highest BCUT2D eigenvalue weighted by molar-refractivity contribution is 5.86. The topological polar surface area (TPSA) is 66.4 Å². The first-order valence-electron chi connectivity index (χ1n) is 3.46. The Balaban J connectivity index is 3.89. The van der Waals surface area contributed by atoms with Crippen LogP contribution in [0.3, 0.4) is 0 Å². The summed E-state index contributed by atoms with van der Waals surface area (Å²) in [6.45, 7) is 2.63. The van der Waals surface area contributed by atoms with Crippen LogP contribution >= 0.6 is 0 Å². The van der Waals surface area contributed by atoms with Crippen LogP contribution in [0.15, 0.2) is 0 Å². The summed E-state index contributed by atoms with van der Waals surface area (Å²) >= 11 is 0. The molecular formula is C7H13NO3. The third-order valence-electron chi connectivity index (χ3n) is 1.29. The molecule has 11 heavy (non-hydrogen) atoms. The first-order valence-corrected chi connectivity index (χ1v) is 3.46. The summed E-state index contributed by atoms with van der Waals surface area (Å²) in [6.07, 6.45) is 0.287. The van der Waals surface area contributed by atoms with Crippen LogP contribution in [0, 0.1) is 0 Å². The van der Waals surface area contributed by atoms with Crippen molar-refractivity contribution in [3.63, 3.8) is 0 Å². The largest absolute Gasteiger partial charge is 0.396 e. The van der Waals surface area contributed by atoms with Gasteiger partial charge in [-0.15, -0.1) is 0 Å². The highest BCUT2D eigenvalue weighted by atomic mass is 16.3. The molecule has 0 aromatic carbocycles. The third-order valence-corrected chi connectivity index (χ3v) is 1.29. The Morgan fingerprint density at radius 1 is 1.45 bits per heavy atom. The molecule has 0 aromatic rings. The van der Waals surface area contributed by atoms with Crippen LogP contribution in [0.1, 0.15) is 20.3 Å². The molecule has 0 fully saturated rings. The molecule has 0 rings (SSSR count). The highest BCUT2D eigenvalue weighted by Crippen LogP contribution is 1.91. The van der Waals surface area contributed by atoms with Crippen molar-refractivity contribution in [3.05, 3.63) is 0 Å². The van der Waals surface area contributed by atoms with Crippen molar-refractivity contribution in [2.45, 2.75) is 26.3 Å². The quantitative estimate of drug-likeness (QED) is 0.579. The van der Waals surface area contributed by atoms with E-state index in [9.17, 15) is 9.59 Å². The van der Waals surface area contributed by atoms with Crippen molar-refractivity contribution in [3.8, 4) is 0 Å². The number of nitrogens with one attached hydrogen (secondary N) is 1. The molecule has 0 spiro atoms. The van der Waals surface area contributed by atoms with Crippen molar-refractivity contribution in [1.82, 2.24) is 5.32 Å². The molecule has 4 heteroatoms. The summed E-state index contributed by atoms with van der Waals surface area (Å²) < 4.78 is 0. The molecule has 4 nitrogen and oxygen atoms in total. The maximum Gasteiger partial charge on any atom is 0.217 e. The van der Waals surface area contributed by atoms with Gasteiger partial charge < -0.3 is 10.4 Å². The standard InChI is InChI=1S/C7H13NO3/c1-5(10)7(3-4-9)8-6(2)11/h7,9H,3-4H2,1-2H3,(H,8,11)/t7-/m1/s1. The summed E-state index contributed by atoms with van der Waals surface area (Å²) in [5.41, 5.74) is 0. The van der Waals surface area contributed by atoms with Gasteiger partial charge in [-0.05, 0) is 13.3 Å². The summed E-state index contributed by atoms with van der Waals surface area (Å²) in [4.78, 5) is 21.2. The molecule has 0 aliphatic carbocycles. The Labute approximate surface area is 65.6 Å². The Morgan fingerprint density at radius 3 is 2.27 bits per heavy atom. The number of hydrogen-bond acceptors (Lipinski definition) is 3. The van der Waals surface area contributed by atoms with Gasteiger partial charge in [0, 0.05) is 13.5 Å². The van der Waals surface area contributed by atoms with E-state index in [1.54, 1.807) is 0 Å². The number of ketones is 1. The predicted octanol–water partition coefficient (Wildman–Crippen LogP) is -0.537. The van der Waals surface area contributed by atoms with Crippen molar-refractivity contribution in [2.75, 3.05) is 6.61 Å². The molecule has 0 unspecified atom stereocenters. The summed E-state index contributed by atoms with van der Waals surface area (Å²) in [5.74, 6) is -0.382. The lowest BCUT2D eigenvalue weighted by Gasteiger charge is -2.12. The van der Waals surface area contributed by atoms with E-state index in [2.05, 4.69) is 5.32 Å². The van der Waals surface area contributed by atoms with Gasteiger partial charge in [-0.25, -0.2) is 0 Å². The molecule has 0 aromatic heterocycles. The second kappa shape index (κ2) is 4.85. The SMILES string of the molecule is CC(=O)N[C@H](CCO)C(C)=O. The predicted molar refractivity (Wildman–Crippen MR) is 40.0 cm³/mol. The molecule has 0 heterocycles. The third kappa shape index (κ3) is 4.50. The Bertz CT molecular complexity index is 156. The molecular weight excluding hydrogens is 146 g/mol. The molecule has 0 saturated heterocycles. The minimum absolute atomic E-state index is 0.0927. The van der Waals surface area contributed by atoms with Gasteiger partial charge in [0.25, 0.3) is 0 Å². The van der Waals surface area contributed by atoms with Gasteiger partial charge in [0.05, 0.1) is 6.04 Å². The van der Waals surface area contributed by atoms with E-state index in [0.29, 0.717) is 0 Å². The molecule has 64 valence electrons. The number of carbonyl (C=O) groups excluding carboxylic acids is 2. The zero-order valence-corrected chi connectivity index (χ0v) is 6.76. The van der Waals surface area contributed by atoms with Crippen molar-refractivity contribution < 1.29 is 14.7 Å². The number of hydrogen-bond donors (Lipinski definition) is 2. The van der Waals surface area contributed by atoms with Gasteiger partial charge in [-0.1, -0.05) is 0 Å². The first kappa shape index (κ1) is 10.1. The molecule has 1 amide bonds. The Morgan fingerprint density at radius 2 is 2.00 bits per heavy atom. The number of aliphatic hydroxyl groups excluding tert-OH is 1. The normalized spacial score (nSPS) is 12.3. The summed E-state index contributed by atoms with van der Waals surface area (Å²) in [6, 6.07) is -0.530. The Hall–Kier alpha value is -0.900. The van der Waals surface area contributed by atoms with Crippen molar-refractivity contribution in [2.24, 2.45) is 0 Å². The van der Waals surface area contributed by atoms with Crippen LogP contribution in [0.2, 0.25) is 0 Å². The average molecular weight is 159 g/mol. The van der Waals surface area contributed by atoms with Gasteiger partial charge >= 0.3 is 0 Å². The minimum Gasteiger partial charge on any atom is -0.396 e. The van der Waals surface area contributed by atoms with Crippen LogP contribution < -0.4 is 5.32 Å². The lowest BCUT2D eigenvalue weighted by Crippen LogP contribution is -2.39. The van der Waals surface area contributed by atoms with E-state index in [-0.39, 0.29) is 24.7 Å². The minimum atomic E-state index is -0.530. The lowest BCUT2D eigenvalue weighted by molar-refractivity contribution is -0.125. The molecule has 1 atom stereocenters. The molecule has 0 bridgehead atoms. The Kier molecular flexibility index (Phi) is 4.45. The van der Waals surface area contributed by atoms with E-state index < -0.39 is 6.04 Å². The fraction of sp³-hybridized carbons (Fsp3) is 0.714.